The smallest absolute Gasteiger partial charge is 0.0787 e. The van der Waals surface area contributed by atoms with Crippen LogP contribution in [0.2, 0.25) is 0 Å². The highest BCUT2D eigenvalue weighted by molar-refractivity contribution is 5.95. The lowest BCUT2D eigenvalue weighted by Gasteiger charge is -2.14. The van der Waals surface area contributed by atoms with Crippen molar-refractivity contribution >= 4 is 22.8 Å². The molecule has 3 nitrogen and oxygen atoms in total. The molecule has 0 amide bonds. The van der Waals surface area contributed by atoms with E-state index in [2.05, 4.69) is 65.6 Å². The SMILES string of the molecule is C(=N/c1c2c(nc3ccccc13)CN(Cc1ccccc1)C2)/c1ccccc1. The quantitative estimate of drug-likeness (QED) is 0.448. The van der Waals surface area contributed by atoms with Crippen LogP contribution in [0.1, 0.15) is 22.4 Å². The summed E-state index contributed by atoms with van der Waals surface area (Å²) in [5, 5.41) is 1.12. The molecule has 0 saturated carbocycles. The molecule has 0 atom stereocenters. The zero-order valence-electron chi connectivity index (χ0n) is 15.6. The molecule has 3 aromatic carbocycles. The van der Waals surface area contributed by atoms with Gasteiger partial charge in [0.2, 0.25) is 0 Å². The second-order valence-electron chi connectivity index (χ2n) is 7.20. The Morgan fingerprint density at radius 2 is 1.54 bits per heavy atom. The summed E-state index contributed by atoms with van der Waals surface area (Å²) in [5.74, 6) is 0. The summed E-state index contributed by atoms with van der Waals surface area (Å²) in [5.41, 5.74) is 6.91. The van der Waals surface area contributed by atoms with Gasteiger partial charge in [0.15, 0.2) is 0 Å². The van der Waals surface area contributed by atoms with Crippen molar-refractivity contribution in [3.8, 4) is 0 Å². The van der Waals surface area contributed by atoms with E-state index in [1.165, 1.54) is 11.1 Å². The van der Waals surface area contributed by atoms with Gasteiger partial charge in [0.25, 0.3) is 0 Å². The third-order valence-electron chi connectivity index (χ3n) is 5.20. The molecule has 136 valence electrons. The van der Waals surface area contributed by atoms with Crippen LogP contribution in [0, 0.1) is 0 Å². The Hall–Kier alpha value is -3.30. The number of aliphatic imine (C=N–C) groups is 1. The second kappa shape index (κ2) is 7.37. The fourth-order valence-electron chi connectivity index (χ4n) is 3.85. The van der Waals surface area contributed by atoms with Crippen LogP contribution in [0.15, 0.2) is 89.9 Å². The van der Waals surface area contributed by atoms with Gasteiger partial charge in [0.05, 0.1) is 16.9 Å². The molecule has 2 heterocycles. The summed E-state index contributed by atoms with van der Waals surface area (Å²) in [6, 6.07) is 29.2. The van der Waals surface area contributed by atoms with Crippen molar-refractivity contribution in [1.29, 1.82) is 0 Å². The van der Waals surface area contributed by atoms with Crippen LogP contribution in [0.25, 0.3) is 10.9 Å². The van der Waals surface area contributed by atoms with Gasteiger partial charge in [-0.2, -0.15) is 0 Å². The first-order chi connectivity index (χ1) is 13.9. The van der Waals surface area contributed by atoms with E-state index >= 15 is 0 Å². The molecule has 5 rings (SSSR count). The van der Waals surface area contributed by atoms with Crippen molar-refractivity contribution in [3.63, 3.8) is 0 Å². The lowest BCUT2D eigenvalue weighted by Crippen LogP contribution is -2.15. The molecule has 4 aromatic rings. The van der Waals surface area contributed by atoms with Crippen molar-refractivity contribution < 1.29 is 0 Å². The van der Waals surface area contributed by atoms with Crippen LogP contribution in [0.4, 0.5) is 5.69 Å². The highest BCUT2D eigenvalue weighted by Crippen LogP contribution is 2.36. The van der Waals surface area contributed by atoms with Crippen molar-refractivity contribution in [2.75, 3.05) is 0 Å². The molecular weight excluding hydrogens is 342 g/mol. The summed E-state index contributed by atoms with van der Waals surface area (Å²) >= 11 is 0. The molecule has 1 aromatic heterocycles. The summed E-state index contributed by atoms with van der Waals surface area (Å²) in [6.07, 6.45) is 1.96. The Morgan fingerprint density at radius 1 is 0.821 bits per heavy atom. The predicted octanol–water partition coefficient (Wildman–Crippen LogP) is 5.50. The molecule has 0 bridgehead atoms. The average molecular weight is 363 g/mol. The Morgan fingerprint density at radius 3 is 2.36 bits per heavy atom. The minimum Gasteiger partial charge on any atom is -0.289 e. The Balaban J connectivity index is 1.53. The van der Waals surface area contributed by atoms with Gasteiger partial charge in [-0.3, -0.25) is 14.9 Å². The number of para-hydroxylation sites is 1. The number of benzene rings is 3. The minimum absolute atomic E-state index is 0.864. The molecule has 0 spiro atoms. The van der Waals surface area contributed by atoms with E-state index in [-0.39, 0.29) is 0 Å². The normalized spacial score (nSPS) is 14.0. The van der Waals surface area contributed by atoms with Crippen LogP contribution >= 0.6 is 0 Å². The predicted molar refractivity (Wildman–Crippen MR) is 115 cm³/mol. The second-order valence-corrected chi connectivity index (χ2v) is 7.20. The van der Waals surface area contributed by atoms with Crippen molar-refractivity contribution in [2.24, 2.45) is 4.99 Å². The summed E-state index contributed by atoms with van der Waals surface area (Å²) < 4.78 is 0. The van der Waals surface area contributed by atoms with Gasteiger partial charge in [-0.05, 0) is 17.2 Å². The van der Waals surface area contributed by atoms with Crippen molar-refractivity contribution in [2.45, 2.75) is 19.6 Å². The van der Waals surface area contributed by atoms with Gasteiger partial charge in [0, 0.05) is 36.8 Å². The molecule has 0 N–H and O–H groups in total. The van der Waals surface area contributed by atoms with E-state index in [0.29, 0.717) is 0 Å². The van der Waals surface area contributed by atoms with Crippen molar-refractivity contribution in [3.05, 3.63) is 107 Å². The van der Waals surface area contributed by atoms with Crippen LogP contribution in [-0.4, -0.2) is 16.1 Å². The van der Waals surface area contributed by atoms with Crippen LogP contribution < -0.4 is 0 Å². The monoisotopic (exact) mass is 363 g/mol. The molecule has 0 unspecified atom stereocenters. The molecule has 1 aliphatic heterocycles. The lowest BCUT2D eigenvalue weighted by atomic mass is 10.1. The number of nitrogens with zero attached hydrogens (tertiary/aromatic N) is 3. The van der Waals surface area contributed by atoms with Crippen molar-refractivity contribution in [1.82, 2.24) is 9.88 Å². The van der Waals surface area contributed by atoms with Crippen LogP contribution in [0.3, 0.4) is 0 Å². The summed E-state index contributed by atoms with van der Waals surface area (Å²) in [4.78, 5) is 12.3. The number of pyridine rings is 1. The lowest BCUT2D eigenvalue weighted by molar-refractivity contribution is 0.274. The van der Waals surface area contributed by atoms with E-state index in [4.69, 9.17) is 9.98 Å². The topological polar surface area (TPSA) is 28.5 Å². The zero-order chi connectivity index (χ0) is 18.8. The zero-order valence-corrected chi connectivity index (χ0v) is 15.6. The summed E-state index contributed by atoms with van der Waals surface area (Å²) in [6.45, 7) is 2.67. The first-order valence-corrected chi connectivity index (χ1v) is 9.63. The van der Waals surface area contributed by atoms with Gasteiger partial charge in [-0.1, -0.05) is 78.9 Å². The molecule has 28 heavy (non-hydrogen) atoms. The highest BCUT2D eigenvalue weighted by Gasteiger charge is 2.25. The van der Waals surface area contributed by atoms with Gasteiger partial charge in [-0.25, -0.2) is 0 Å². The molecule has 0 saturated heterocycles. The van der Waals surface area contributed by atoms with E-state index in [1.807, 2.05) is 30.5 Å². The Labute approximate surface area is 165 Å². The first kappa shape index (κ1) is 16.8. The maximum Gasteiger partial charge on any atom is 0.0787 e. The third kappa shape index (κ3) is 3.32. The Bertz CT molecular complexity index is 1130. The molecule has 0 aliphatic carbocycles. The van der Waals surface area contributed by atoms with Gasteiger partial charge < -0.3 is 0 Å². The average Bonchev–Trinajstić information content (AvgIpc) is 3.14. The highest BCUT2D eigenvalue weighted by atomic mass is 15.2. The standard InChI is InChI=1S/C25H21N3/c1-3-9-19(10-4-1)15-26-25-21-13-7-8-14-23(21)27-24-18-28(17-22(24)25)16-20-11-5-2-6-12-20/h1-15H,16-18H2/b26-15-. The fourth-order valence-corrected chi connectivity index (χ4v) is 3.85. The first-order valence-electron chi connectivity index (χ1n) is 9.63. The van der Waals surface area contributed by atoms with Gasteiger partial charge >= 0.3 is 0 Å². The molecule has 0 radical (unpaired) electrons. The van der Waals surface area contributed by atoms with Gasteiger partial charge in [-0.15, -0.1) is 0 Å². The van der Waals surface area contributed by atoms with E-state index < -0.39 is 0 Å². The number of aromatic nitrogens is 1. The minimum atomic E-state index is 0.864. The van der Waals surface area contributed by atoms with Crippen LogP contribution in [-0.2, 0) is 19.6 Å². The maximum atomic E-state index is 4.95. The Kier molecular flexibility index (Phi) is 4.43. The number of rotatable bonds is 4. The molecule has 0 fully saturated rings. The third-order valence-corrected chi connectivity index (χ3v) is 5.20. The van der Waals surface area contributed by atoms with Crippen LogP contribution in [0.5, 0.6) is 0 Å². The molecular formula is C25H21N3. The van der Waals surface area contributed by atoms with E-state index in [0.717, 1.165) is 47.5 Å². The van der Waals surface area contributed by atoms with E-state index in [1.54, 1.807) is 0 Å². The van der Waals surface area contributed by atoms with Gasteiger partial charge in [0.1, 0.15) is 0 Å². The number of hydrogen-bond donors (Lipinski definition) is 0. The maximum absolute atomic E-state index is 4.95. The molecule has 1 aliphatic rings. The summed E-state index contributed by atoms with van der Waals surface area (Å²) in [7, 11) is 0. The molecule has 3 heteroatoms. The van der Waals surface area contributed by atoms with E-state index in [9.17, 15) is 0 Å². The largest absolute Gasteiger partial charge is 0.289 e. The number of hydrogen-bond acceptors (Lipinski definition) is 3. The fraction of sp³-hybridized carbons (Fsp3) is 0.120. The number of fused-ring (bicyclic) bond motifs is 2.